The van der Waals surface area contributed by atoms with E-state index in [9.17, 15) is 8.42 Å². The van der Waals surface area contributed by atoms with E-state index in [1.54, 1.807) is 6.07 Å². The van der Waals surface area contributed by atoms with Crippen LogP contribution in [0.25, 0.3) is 0 Å². The summed E-state index contributed by atoms with van der Waals surface area (Å²) in [5.74, 6) is 0.662. The van der Waals surface area contributed by atoms with Crippen LogP contribution in [0.15, 0.2) is 41.6 Å². The second-order valence-electron chi connectivity index (χ2n) is 3.69. The summed E-state index contributed by atoms with van der Waals surface area (Å²) in [5, 5.41) is 0. The molecule has 2 rings (SSSR count). The number of ether oxygens (including phenoxy) is 2. The van der Waals surface area contributed by atoms with Crippen LogP contribution in [-0.4, -0.2) is 32.6 Å². The van der Waals surface area contributed by atoms with E-state index in [1.165, 1.54) is 44.8 Å². The van der Waals surface area contributed by atoms with Gasteiger partial charge in [-0.1, -0.05) is 0 Å². The number of aromatic nitrogens is 2. The predicted molar refractivity (Wildman–Crippen MR) is 72.4 cm³/mol. The normalized spacial score (nSPS) is 10.9. The first-order valence-corrected chi connectivity index (χ1v) is 7.07. The first-order valence-electron chi connectivity index (χ1n) is 5.58. The van der Waals surface area contributed by atoms with Crippen molar-refractivity contribution in [2.75, 3.05) is 18.9 Å². The highest BCUT2D eigenvalue weighted by atomic mass is 32.2. The Morgan fingerprint density at radius 1 is 1.10 bits per heavy atom. The molecule has 0 radical (unpaired) electrons. The lowest BCUT2D eigenvalue weighted by atomic mass is 10.3. The number of benzene rings is 1. The second kappa shape index (κ2) is 5.74. The quantitative estimate of drug-likeness (QED) is 0.894. The number of nitrogens with zero attached hydrogens (tertiary/aromatic N) is 2. The van der Waals surface area contributed by atoms with E-state index in [0.29, 0.717) is 5.75 Å². The highest BCUT2D eigenvalue weighted by Crippen LogP contribution is 2.29. The number of hydrogen-bond donors (Lipinski definition) is 1. The summed E-state index contributed by atoms with van der Waals surface area (Å²) < 4.78 is 36.9. The van der Waals surface area contributed by atoms with E-state index in [2.05, 4.69) is 14.7 Å². The van der Waals surface area contributed by atoms with Gasteiger partial charge < -0.3 is 9.47 Å². The summed E-state index contributed by atoms with van der Waals surface area (Å²) >= 11 is 0. The Balaban J connectivity index is 2.39. The standard InChI is InChI=1S/C12H13N3O4S/c1-18-9-4-5-11(10(8-9)19-2)20(16,17)15-12-13-6-3-7-14-12/h3-8H,1-2H3,(H,13,14,15). The molecular weight excluding hydrogens is 282 g/mol. The van der Waals surface area contributed by atoms with Gasteiger partial charge in [0.1, 0.15) is 16.4 Å². The van der Waals surface area contributed by atoms with Gasteiger partial charge in [-0.3, -0.25) is 0 Å². The van der Waals surface area contributed by atoms with Gasteiger partial charge in [0, 0.05) is 18.5 Å². The van der Waals surface area contributed by atoms with Crippen molar-refractivity contribution in [2.24, 2.45) is 0 Å². The van der Waals surface area contributed by atoms with Crippen LogP contribution >= 0.6 is 0 Å². The fourth-order valence-corrected chi connectivity index (χ4v) is 2.63. The molecule has 0 spiro atoms. The molecule has 0 aliphatic heterocycles. The molecule has 0 aliphatic rings. The lowest BCUT2D eigenvalue weighted by Crippen LogP contribution is -2.15. The zero-order valence-electron chi connectivity index (χ0n) is 10.9. The van der Waals surface area contributed by atoms with Gasteiger partial charge in [-0.25, -0.2) is 23.1 Å². The third kappa shape index (κ3) is 2.97. The molecule has 0 fully saturated rings. The van der Waals surface area contributed by atoms with E-state index in [0.717, 1.165) is 0 Å². The van der Waals surface area contributed by atoms with Crippen molar-refractivity contribution >= 4 is 16.0 Å². The molecule has 0 bridgehead atoms. The van der Waals surface area contributed by atoms with Crippen molar-refractivity contribution in [3.05, 3.63) is 36.7 Å². The molecule has 20 heavy (non-hydrogen) atoms. The minimum absolute atomic E-state index is 0.00892. The highest BCUT2D eigenvalue weighted by molar-refractivity contribution is 7.92. The second-order valence-corrected chi connectivity index (χ2v) is 5.35. The Labute approximate surface area is 116 Å². The minimum atomic E-state index is -3.84. The first-order chi connectivity index (χ1) is 9.56. The van der Waals surface area contributed by atoms with Crippen LogP contribution in [0.1, 0.15) is 0 Å². The molecule has 0 aliphatic carbocycles. The lowest BCUT2D eigenvalue weighted by Gasteiger charge is -2.11. The zero-order valence-corrected chi connectivity index (χ0v) is 11.7. The molecule has 0 atom stereocenters. The topological polar surface area (TPSA) is 90.4 Å². The van der Waals surface area contributed by atoms with Gasteiger partial charge in [0.15, 0.2) is 0 Å². The maximum absolute atomic E-state index is 12.3. The molecule has 0 amide bonds. The Morgan fingerprint density at radius 3 is 2.40 bits per heavy atom. The Kier molecular flexibility index (Phi) is 4.04. The largest absolute Gasteiger partial charge is 0.497 e. The first kappa shape index (κ1) is 14.1. The van der Waals surface area contributed by atoms with Crippen molar-refractivity contribution in [1.29, 1.82) is 0 Å². The summed E-state index contributed by atoms with van der Waals surface area (Å²) in [4.78, 5) is 7.60. The third-order valence-electron chi connectivity index (χ3n) is 2.45. The van der Waals surface area contributed by atoms with E-state index >= 15 is 0 Å². The van der Waals surface area contributed by atoms with Crippen LogP contribution in [0.2, 0.25) is 0 Å². The van der Waals surface area contributed by atoms with Gasteiger partial charge in [-0.2, -0.15) is 0 Å². The zero-order chi connectivity index (χ0) is 14.6. The van der Waals surface area contributed by atoms with E-state index < -0.39 is 10.0 Å². The van der Waals surface area contributed by atoms with Crippen molar-refractivity contribution in [2.45, 2.75) is 4.90 Å². The van der Waals surface area contributed by atoms with E-state index in [-0.39, 0.29) is 16.6 Å². The van der Waals surface area contributed by atoms with E-state index in [4.69, 9.17) is 9.47 Å². The van der Waals surface area contributed by atoms with Crippen molar-refractivity contribution in [3.63, 3.8) is 0 Å². The summed E-state index contributed by atoms with van der Waals surface area (Å²) in [6, 6.07) is 6.00. The number of nitrogens with one attached hydrogen (secondary N) is 1. The molecule has 1 aromatic heterocycles. The van der Waals surface area contributed by atoms with Gasteiger partial charge in [-0.05, 0) is 18.2 Å². The average molecular weight is 295 g/mol. The van der Waals surface area contributed by atoms with Gasteiger partial charge in [0.25, 0.3) is 10.0 Å². The summed E-state index contributed by atoms with van der Waals surface area (Å²) in [7, 11) is -0.970. The SMILES string of the molecule is COc1ccc(S(=O)(=O)Nc2ncccn2)c(OC)c1. The fraction of sp³-hybridized carbons (Fsp3) is 0.167. The number of sulfonamides is 1. The van der Waals surface area contributed by atoms with Crippen molar-refractivity contribution in [1.82, 2.24) is 9.97 Å². The van der Waals surface area contributed by atoms with Gasteiger partial charge in [0.2, 0.25) is 5.95 Å². The van der Waals surface area contributed by atoms with Crippen molar-refractivity contribution < 1.29 is 17.9 Å². The van der Waals surface area contributed by atoms with Gasteiger partial charge in [-0.15, -0.1) is 0 Å². The summed E-state index contributed by atoms with van der Waals surface area (Å²) in [6.45, 7) is 0. The molecule has 106 valence electrons. The monoisotopic (exact) mass is 295 g/mol. The molecule has 1 heterocycles. The lowest BCUT2D eigenvalue weighted by molar-refractivity contribution is 0.386. The average Bonchev–Trinajstić information content (AvgIpc) is 2.47. The van der Waals surface area contributed by atoms with Crippen LogP contribution in [-0.2, 0) is 10.0 Å². The molecule has 7 nitrogen and oxygen atoms in total. The molecule has 1 aromatic carbocycles. The predicted octanol–water partition coefficient (Wildman–Crippen LogP) is 1.29. The fourth-order valence-electron chi connectivity index (χ4n) is 1.52. The van der Waals surface area contributed by atoms with Crippen LogP contribution in [0.5, 0.6) is 11.5 Å². The summed E-state index contributed by atoms with van der Waals surface area (Å²) in [6.07, 6.45) is 2.88. The molecule has 2 aromatic rings. The number of methoxy groups -OCH3 is 2. The molecule has 0 unspecified atom stereocenters. The maximum atomic E-state index is 12.3. The molecule has 0 saturated heterocycles. The van der Waals surface area contributed by atoms with Crippen molar-refractivity contribution in [3.8, 4) is 11.5 Å². The van der Waals surface area contributed by atoms with Crippen LogP contribution in [0, 0.1) is 0 Å². The van der Waals surface area contributed by atoms with Crippen LogP contribution in [0.4, 0.5) is 5.95 Å². The third-order valence-corrected chi connectivity index (χ3v) is 3.82. The molecule has 1 N–H and O–H groups in total. The Hall–Kier alpha value is -2.35. The number of hydrogen-bond acceptors (Lipinski definition) is 6. The molecule has 0 saturated carbocycles. The smallest absolute Gasteiger partial charge is 0.267 e. The molecular formula is C12H13N3O4S. The highest BCUT2D eigenvalue weighted by Gasteiger charge is 2.21. The van der Waals surface area contributed by atoms with Gasteiger partial charge in [0.05, 0.1) is 14.2 Å². The Morgan fingerprint density at radius 2 is 1.80 bits per heavy atom. The molecule has 8 heteroatoms. The Bertz CT molecular complexity index is 689. The van der Waals surface area contributed by atoms with Gasteiger partial charge >= 0.3 is 0 Å². The summed E-state index contributed by atoms with van der Waals surface area (Å²) in [5.41, 5.74) is 0. The van der Waals surface area contributed by atoms with Crippen LogP contribution < -0.4 is 14.2 Å². The minimum Gasteiger partial charge on any atom is -0.497 e. The number of rotatable bonds is 5. The van der Waals surface area contributed by atoms with E-state index in [1.807, 2.05) is 0 Å². The number of anilines is 1. The van der Waals surface area contributed by atoms with Crippen LogP contribution in [0.3, 0.4) is 0 Å². The maximum Gasteiger partial charge on any atom is 0.267 e.